The first kappa shape index (κ1) is 12.0. The van der Waals surface area contributed by atoms with Gasteiger partial charge in [-0.1, -0.05) is 36.4 Å². The van der Waals surface area contributed by atoms with E-state index in [0.29, 0.717) is 5.92 Å². The highest BCUT2D eigenvalue weighted by atomic mass is 15.2. The Hall–Kier alpha value is -1.80. The number of nitrogens with one attached hydrogen (secondary N) is 1. The zero-order valence-corrected chi connectivity index (χ0v) is 11.8. The fraction of sp³-hybridized carbons (Fsp3) is 0.333. The molecule has 2 atom stereocenters. The number of para-hydroxylation sites is 2. The van der Waals surface area contributed by atoms with E-state index in [4.69, 9.17) is 0 Å². The minimum absolute atomic E-state index is 0.185. The molecule has 2 aliphatic heterocycles. The van der Waals surface area contributed by atoms with E-state index in [9.17, 15) is 0 Å². The van der Waals surface area contributed by atoms with E-state index < -0.39 is 0 Å². The molecule has 4 rings (SSSR count). The van der Waals surface area contributed by atoms with E-state index in [1.54, 1.807) is 0 Å². The van der Waals surface area contributed by atoms with E-state index in [-0.39, 0.29) is 5.54 Å². The zero-order valence-electron chi connectivity index (χ0n) is 11.8. The summed E-state index contributed by atoms with van der Waals surface area (Å²) in [6.07, 6.45) is 1.25. The van der Waals surface area contributed by atoms with Crippen LogP contribution in [-0.2, 0) is 0 Å². The second-order valence-corrected chi connectivity index (χ2v) is 6.17. The molecule has 0 aliphatic carbocycles. The summed E-state index contributed by atoms with van der Waals surface area (Å²) in [5, 5.41) is 3.73. The summed E-state index contributed by atoms with van der Waals surface area (Å²) in [5.41, 5.74) is 4.35. The van der Waals surface area contributed by atoms with Crippen molar-refractivity contribution in [1.82, 2.24) is 5.32 Å². The van der Waals surface area contributed by atoms with E-state index in [2.05, 4.69) is 71.7 Å². The second-order valence-electron chi connectivity index (χ2n) is 6.17. The molecule has 20 heavy (non-hydrogen) atoms. The molecule has 0 bridgehead atoms. The second kappa shape index (κ2) is 4.35. The SMILES string of the molecule is C[C@@]12CN(c3ccccc3)c3ccccc3[C@@H]1CCN2. The molecule has 1 fully saturated rings. The molecular formula is C18H20N2. The van der Waals surface area contributed by atoms with E-state index in [1.807, 2.05) is 0 Å². The molecule has 2 nitrogen and oxygen atoms in total. The molecule has 0 saturated carbocycles. The first-order valence-electron chi connectivity index (χ1n) is 7.44. The maximum absolute atomic E-state index is 3.73. The van der Waals surface area contributed by atoms with Gasteiger partial charge in [0.2, 0.25) is 0 Å². The van der Waals surface area contributed by atoms with Gasteiger partial charge in [0.15, 0.2) is 0 Å². The van der Waals surface area contributed by atoms with Gasteiger partial charge in [-0.05, 0) is 43.7 Å². The highest BCUT2D eigenvalue weighted by molar-refractivity contribution is 5.70. The Morgan fingerprint density at radius 3 is 2.65 bits per heavy atom. The van der Waals surface area contributed by atoms with Crippen LogP contribution in [0.5, 0.6) is 0 Å². The third-order valence-corrected chi connectivity index (χ3v) is 4.89. The molecular weight excluding hydrogens is 244 g/mol. The van der Waals surface area contributed by atoms with Gasteiger partial charge in [0, 0.05) is 29.4 Å². The minimum atomic E-state index is 0.185. The summed E-state index contributed by atoms with van der Waals surface area (Å²) in [6.45, 7) is 4.54. The summed E-state index contributed by atoms with van der Waals surface area (Å²) in [6, 6.07) is 19.6. The van der Waals surface area contributed by atoms with Crippen LogP contribution < -0.4 is 10.2 Å². The van der Waals surface area contributed by atoms with E-state index >= 15 is 0 Å². The van der Waals surface area contributed by atoms with Gasteiger partial charge in [-0.25, -0.2) is 0 Å². The molecule has 0 aromatic heterocycles. The minimum Gasteiger partial charge on any atom is -0.339 e. The maximum atomic E-state index is 3.73. The highest BCUT2D eigenvalue weighted by Crippen LogP contribution is 2.47. The maximum Gasteiger partial charge on any atom is 0.0447 e. The Morgan fingerprint density at radius 2 is 1.80 bits per heavy atom. The van der Waals surface area contributed by atoms with Crippen molar-refractivity contribution in [3.63, 3.8) is 0 Å². The molecule has 2 heteroatoms. The molecule has 1 saturated heterocycles. The van der Waals surface area contributed by atoms with Crippen LogP contribution in [0.1, 0.15) is 24.8 Å². The largest absolute Gasteiger partial charge is 0.339 e. The Labute approximate surface area is 120 Å². The van der Waals surface area contributed by atoms with Crippen LogP contribution in [-0.4, -0.2) is 18.6 Å². The van der Waals surface area contributed by atoms with Crippen LogP contribution in [0, 0.1) is 0 Å². The van der Waals surface area contributed by atoms with Crippen molar-refractivity contribution in [2.45, 2.75) is 24.8 Å². The van der Waals surface area contributed by atoms with Crippen LogP contribution in [0.2, 0.25) is 0 Å². The first-order chi connectivity index (χ1) is 9.78. The molecule has 102 valence electrons. The Bertz CT molecular complexity index is 622. The quantitative estimate of drug-likeness (QED) is 0.845. The Balaban J connectivity index is 1.87. The molecule has 0 amide bonds. The Kier molecular flexibility index (Phi) is 2.61. The number of rotatable bonds is 1. The molecule has 1 N–H and O–H groups in total. The lowest BCUT2D eigenvalue weighted by molar-refractivity contribution is 0.367. The third-order valence-electron chi connectivity index (χ3n) is 4.89. The molecule has 0 unspecified atom stereocenters. The summed E-state index contributed by atoms with van der Waals surface area (Å²) in [7, 11) is 0. The number of fused-ring (bicyclic) bond motifs is 3. The lowest BCUT2D eigenvalue weighted by atomic mass is 9.77. The predicted octanol–water partition coefficient (Wildman–Crippen LogP) is 3.67. The van der Waals surface area contributed by atoms with Gasteiger partial charge in [-0.3, -0.25) is 0 Å². The van der Waals surface area contributed by atoms with Gasteiger partial charge in [0.25, 0.3) is 0 Å². The van der Waals surface area contributed by atoms with Crippen molar-refractivity contribution >= 4 is 11.4 Å². The lowest BCUT2D eigenvalue weighted by Crippen LogP contribution is -2.52. The normalized spacial score (nSPS) is 28.1. The van der Waals surface area contributed by atoms with Crippen LogP contribution in [0.3, 0.4) is 0 Å². The topological polar surface area (TPSA) is 15.3 Å². The van der Waals surface area contributed by atoms with Gasteiger partial charge < -0.3 is 10.2 Å². The van der Waals surface area contributed by atoms with Crippen molar-refractivity contribution in [2.75, 3.05) is 18.0 Å². The van der Waals surface area contributed by atoms with Gasteiger partial charge in [0.1, 0.15) is 0 Å². The number of nitrogens with zero attached hydrogens (tertiary/aromatic N) is 1. The van der Waals surface area contributed by atoms with Gasteiger partial charge in [0.05, 0.1) is 0 Å². The van der Waals surface area contributed by atoms with Crippen LogP contribution in [0.25, 0.3) is 0 Å². The van der Waals surface area contributed by atoms with Crippen molar-refractivity contribution in [2.24, 2.45) is 0 Å². The molecule has 2 aromatic rings. The monoisotopic (exact) mass is 264 g/mol. The lowest BCUT2D eigenvalue weighted by Gasteiger charge is -2.44. The average molecular weight is 264 g/mol. The first-order valence-corrected chi connectivity index (χ1v) is 7.44. The van der Waals surface area contributed by atoms with E-state index in [1.165, 1.54) is 23.4 Å². The smallest absolute Gasteiger partial charge is 0.0447 e. The van der Waals surface area contributed by atoms with Crippen LogP contribution >= 0.6 is 0 Å². The molecule has 2 aromatic carbocycles. The number of hydrogen-bond acceptors (Lipinski definition) is 2. The summed E-state index contributed by atoms with van der Waals surface area (Å²) in [4.78, 5) is 2.46. The third kappa shape index (κ3) is 1.68. The predicted molar refractivity (Wildman–Crippen MR) is 83.7 cm³/mol. The van der Waals surface area contributed by atoms with Crippen molar-refractivity contribution in [1.29, 1.82) is 0 Å². The molecule has 0 radical (unpaired) electrons. The number of hydrogen-bond donors (Lipinski definition) is 1. The number of anilines is 2. The summed E-state index contributed by atoms with van der Waals surface area (Å²) < 4.78 is 0. The van der Waals surface area contributed by atoms with Crippen molar-refractivity contribution in [3.8, 4) is 0 Å². The summed E-state index contributed by atoms with van der Waals surface area (Å²) in [5.74, 6) is 0.638. The number of benzene rings is 2. The van der Waals surface area contributed by atoms with Crippen LogP contribution in [0.15, 0.2) is 54.6 Å². The van der Waals surface area contributed by atoms with Gasteiger partial charge in [-0.15, -0.1) is 0 Å². The average Bonchev–Trinajstić information content (AvgIpc) is 2.89. The fourth-order valence-electron chi connectivity index (χ4n) is 3.89. The Morgan fingerprint density at radius 1 is 1.05 bits per heavy atom. The highest BCUT2D eigenvalue weighted by Gasteiger charge is 2.45. The zero-order chi connectivity index (χ0) is 13.6. The van der Waals surface area contributed by atoms with E-state index in [0.717, 1.165) is 13.1 Å². The molecule has 2 heterocycles. The van der Waals surface area contributed by atoms with Gasteiger partial charge >= 0.3 is 0 Å². The molecule has 2 aliphatic rings. The van der Waals surface area contributed by atoms with Crippen molar-refractivity contribution < 1.29 is 0 Å². The fourth-order valence-corrected chi connectivity index (χ4v) is 3.89. The van der Waals surface area contributed by atoms with Gasteiger partial charge in [-0.2, -0.15) is 0 Å². The molecule has 0 spiro atoms. The van der Waals surface area contributed by atoms with Crippen LogP contribution in [0.4, 0.5) is 11.4 Å². The summed E-state index contributed by atoms with van der Waals surface area (Å²) >= 11 is 0. The van der Waals surface area contributed by atoms with Crippen molar-refractivity contribution in [3.05, 3.63) is 60.2 Å². The standard InChI is InChI=1S/C18H20N2/c1-18-13-20(14-7-3-2-4-8-14)17-10-6-5-9-15(17)16(18)11-12-19-18/h2-10,16,19H,11-13H2,1H3/t16-,18+/m0/s1.